The van der Waals surface area contributed by atoms with Gasteiger partial charge >= 0.3 is 0 Å². The number of hydrogen-bond donors (Lipinski definition) is 1. The predicted molar refractivity (Wildman–Crippen MR) is 92.3 cm³/mol. The lowest BCUT2D eigenvalue weighted by Gasteiger charge is -2.36. The second-order valence-corrected chi connectivity index (χ2v) is 5.55. The standard InChI is InChI=1S/C19H20N2O2/c1-3-19(22)20-15-11-14-7-4-5-10-18(14)21(13-15)16-8-6-9-17(12-16)23-2/h3-10,12,15H,1,11,13H2,2H3,(H,20,22). The van der Waals surface area contributed by atoms with Crippen molar-refractivity contribution >= 4 is 17.3 Å². The van der Waals surface area contributed by atoms with Gasteiger partial charge in [0, 0.05) is 24.0 Å². The minimum Gasteiger partial charge on any atom is -0.497 e. The second-order valence-electron chi connectivity index (χ2n) is 5.55. The normalized spacial score (nSPS) is 16.4. The lowest BCUT2D eigenvalue weighted by molar-refractivity contribution is -0.117. The Bertz CT molecular complexity index is 727. The fourth-order valence-electron chi connectivity index (χ4n) is 2.98. The number of benzene rings is 2. The van der Waals surface area contributed by atoms with E-state index in [1.165, 1.54) is 17.3 Å². The van der Waals surface area contributed by atoms with E-state index in [2.05, 4.69) is 35.0 Å². The van der Waals surface area contributed by atoms with Crippen LogP contribution in [0.15, 0.2) is 61.2 Å². The Labute approximate surface area is 136 Å². The number of hydrogen-bond acceptors (Lipinski definition) is 3. The Morgan fingerprint density at radius 3 is 2.91 bits per heavy atom. The van der Waals surface area contributed by atoms with Gasteiger partial charge in [0.15, 0.2) is 0 Å². The van der Waals surface area contributed by atoms with Crippen molar-refractivity contribution in [3.63, 3.8) is 0 Å². The number of amides is 1. The van der Waals surface area contributed by atoms with Crippen LogP contribution in [0.3, 0.4) is 0 Å². The van der Waals surface area contributed by atoms with E-state index in [-0.39, 0.29) is 11.9 Å². The molecule has 2 aromatic carbocycles. The van der Waals surface area contributed by atoms with Gasteiger partial charge in [0.1, 0.15) is 5.75 Å². The molecule has 0 radical (unpaired) electrons. The molecule has 1 unspecified atom stereocenters. The molecular weight excluding hydrogens is 288 g/mol. The summed E-state index contributed by atoms with van der Waals surface area (Å²) in [5.74, 6) is 0.678. The minimum absolute atomic E-state index is 0.0431. The van der Waals surface area contributed by atoms with Crippen molar-refractivity contribution in [1.29, 1.82) is 0 Å². The van der Waals surface area contributed by atoms with E-state index < -0.39 is 0 Å². The molecule has 4 nitrogen and oxygen atoms in total. The van der Waals surface area contributed by atoms with E-state index in [1.54, 1.807) is 7.11 Å². The van der Waals surface area contributed by atoms with Crippen LogP contribution in [0.4, 0.5) is 11.4 Å². The van der Waals surface area contributed by atoms with Crippen molar-refractivity contribution in [3.8, 4) is 5.75 Å². The zero-order valence-corrected chi connectivity index (χ0v) is 13.2. The molecular formula is C19H20N2O2. The molecule has 4 heteroatoms. The minimum atomic E-state index is -0.139. The number of nitrogens with zero attached hydrogens (tertiary/aromatic N) is 1. The highest BCUT2D eigenvalue weighted by atomic mass is 16.5. The molecule has 1 atom stereocenters. The Balaban J connectivity index is 1.96. The molecule has 0 aromatic heterocycles. The van der Waals surface area contributed by atoms with E-state index in [9.17, 15) is 4.79 Å². The lowest BCUT2D eigenvalue weighted by atomic mass is 9.97. The average Bonchev–Trinajstić information content (AvgIpc) is 2.61. The fraction of sp³-hybridized carbons (Fsp3) is 0.211. The first-order valence-electron chi connectivity index (χ1n) is 7.63. The topological polar surface area (TPSA) is 41.6 Å². The van der Waals surface area contributed by atoms with Gasteiger partial charge in [-0.2, -0.15) is 0 Å². The molecule has 1 amide bonds. The van der Waals surface area contributed by atoms with Crippen molar-refractivity contribution in [2.24, 2.45) is 0 Å². The van der Waals surface area contributed by atoms with Crippen LogP contribution in [-0.4, -0.2) is 25.6 Å². The van der Waals surface area contributed by atoms with Gasteiger partial charge in [-0.25, -0.2) is 0 Å². The molecule has 1 aliphatic rings. The van der Waals surface area contributed by atoms with Gasteiger partial charge in [-0.1, -0.05) is 30.8 Å². The van der Waals surface area contributed by atoms with E-state index in [0.29, 0.717) is 6.54 Å². The Morgan fingerprint density at radius 1 is 1.30 bits per heavy atom. The highest BCUT2D eigenvalue weighted by Gasteiger charge is 2.26. The smallest absolute Gasteiger partial charge is 0.243 e. The molecule has 0 fully saturated rings. The number of rotatable bonds is 4. The third-order valence-electron chi connectivity index (χ3n) is 4.05. The van der Waals surface area contributed by atoms with E-state index in [0.717, 1.165) is 17.9 Å². The molecule has 3 rings (SSSR count). The number of carbonyl (C=O) groups excluding carboxylic acids is 1. The summed E-state index contributed by atoms with van der Waals surface area (Å²) in [6.07, 6.45) is 2.13. The third-order valence-corrected chi connectivity index (χ3v) is 4.05. The number of nitrogens with one attached hydrogen (secondary N) is 1. The van der Waals surface area contributed by atoms with Crippen molar-refractivity contribution in [2.75, 3.05) is 18.6 Å². The predicted octanol–water partition coefficient (Wildman–Crippen LogP) is 3.06. The van der Waals surface area contributed by atoms with Gasteiger partial charge in [0.25, 0.3) is 0 Å². The maximum absolute atomic E-state index is 11.7. The van der Waals surface area contributed by atoms with Gasteiger partial charge < -0.3 is 15.0 Å². The molecule has 0 aliphatic carbocycles. The summed E-state index contributed by atoms with van der Waals surface area (Å²) in [6.45, 7) is 4.24. The van der Waals surface area contributed by atoms with Crippen molar-refractivity contribution in [2.45, 2.75) is 12.5 Å². The first kappa shape index (κ1) is 15.2. The fourth-order valence-corrected chi connectivity index (χ4v) is 2.98. The first-order chi connectivity index (χ1) is 11.2. The van der Waals surface area contributed by atoms with Crippen LogP contribution in [0.1, 0.15) is 5.56 Å². The molecule has 1 heterocycles. The van der Waals surface area contributed by atoms with E-state index in [1.807, 2.05) is 30.3 Å². The zero-order chi connectivity index (χ0) is 16.2. The number of anilines is 2. The molecule has 0 saturated carbocycles. The Hall–Kier alpha value is -2.75. The van der Waals surface area contributed by atoms with Crippen LogP contribution < -0.4 is 15.0 Å². The second kappa shape index (κ2) is 6.57. The molecule has 118 valence electrons. The van der Waals surface area contributed by atoms with Crippen molar-refractivity contribution < 1.29 is 9.53 Å². The van der Waals surface area contributed by atoms with Gasteiger partial charge in [-0.05, 0) is 36.3 Å². The van der Waals surface area contributed by atoms with Gasteiger partial charge in [0.05, 0.1) is 13.2 Å². The number of methoxy groups -OCH3 is 1. The van der Waals surface area contributed by atoms with E-state index >= 15 is 0 Å². The molecule has 2 aromatic rings. The molecule has 0 bridgehead atoms. The largest absolute Gasteiger partial charge is 0.497 e. The molecule has 1 N–H and O–H groups in total. The maximum Gasteiger partial charge on any atom is 0.243 e. The quantitative estimate of drug-likeness (QED) is 0.883. The van der Waals surface area contributed by atoms with Crippen LogP contribution in [0.5, 0.6) is 5.75 Å². The monoisotopic (exact) mass is 308 g/mol. The molecule has 1 aliphatic heterocycles. The van der Waals surface area contributed by atoms with Gasteiger partial charge in [-0.3, -0.25) is 4.79 Å². The highest BCUT2D eigenvalue weighted by Crippen LogP contribution is 2.34. The van der Waals surface area contributed by atoms with Gasteiger partial charge in [0.2, 0.25) is 5.91 Å². The highest BCUT2D eigenvalue weighted by molar-refractivity contribution is 5.87. The summed E-state index contributed by atoms with van der Waals surface area (Å²) in [6, 6.07) is 16.3. The summed E-state index contributed by atoms with van der Waals surface area (Å²) in [5, 5.41) is 3.01. The number of carbonyl (C=O) groups is 1. The molecule has 0 saturated heterocycles. The maximum atomic E-state index is 11.7. The number of fused-ring (bicyclic) bond motifs is 1. The Morgan fingerprint density at radius 2 is 2.13 bits per heavy atom. The van der Waals surface area contributed by atoms with E-state index in [4.69, 9.17) is 4.74 Å². The number of ether oxygens (including phenoxy) is 1. The third kappa shape index (κ3) is 3.21. The van der Waals surface area contributed by atoms with Crippen LogP contribution in [-0.2, 0) is 11.2 Å². The summed E-state index contributed by atoms with van der Waals surface area (Å²) in [7, 11) is 1.66. The summed E-state index contributed by atoms with van der Waals surface area (Å²) >= 11 is 0. The first-order valence-corrected chi connectivity index (χ1v) is 7.63. The Kier molecular flexibility index (Phi) is 4.33. The molecule has 23 heavy (non-hydrogen) atoms. The summed E-state index contributed by atoms with van der Waals surface area (Å²) in [4.78, 5) is 13.9. The van der Waals surface area contributed by atoms with Crippen LogP contribution in [0.2, 0.25) is 0 Å². The molecule has 0 spiro atoms. The van der Waals surface area contributed by atoms with Gasteiger partial charge in [-0.15, -0.1) is 0 Å². The summed E-state index contributed by atoms with van der Waals surface area (Å²) in [5.41, 5.74) is 3.44. The van der Waals surface area contributed by atoms with Crippen molar-refractivity contribution in [1.82, 2.24) is 5.32 Å². The SMILES string of the molecule is C=CC(=O)NC1Cc2ccccc2N(c2cccc(OC)c2)C1. The lowest BCUT2D eigenvalue weighted by Crippen LogP contribution is -2.46. The van der Waals surface area contributed by atoms with Crippen LogP contribution >= 0.6 is 0 Å². The average molecular weight is 308 g/mol. The summed E-state index contributed by atoms with van der Waals surface area (Å²) < 4.78 is 5.33. The zero-order valence-electron chi connectivity index (χ0n) is 13.2. The van der Waals surface area contributed by atoms with Crippen LogP contribution in [0.25, 0.3) is 0 Å². The number of para-hydroxylation sites is 1. The van der Waals surface area contributed by atoms with Crippen LogP contribution in [0, 0.1) is 0 Å². The van der Waals surface area contributed by atoms with Crippen molar-refractivity contribution in [3.05, 3.63) is 66.7 Å².